The van der Waals surface area contributed by atoms with Gasteiger partial charge in [0.05, 0.1) is 18.0 Å². The molecule has 3 saturated heterocycles. The number of nitrogens with one attached hydrogen (secondary N) is 2. The average molecular weight is 348 g/mol. The van der Waals surface area contributed by atoms with Gasteiger partial charge < -0.3 is 34.3 Å². The number of benzene rings is 1. The molecule has 1 spiro atoms. The van der Waals surface area contributed by atoms with Crippen LogP contribution in [-0.4, -0.2) is 48.4 Å². The molecule has 136 valence electrons. The van der Waals surface area contributed by atoms with Crippen molar-refractivity contribution in [3.05, 3.63) is 24.3 Å². The van der Waals surface area contributed by atoms with E-state index in [1.165, 1.54) is 0 Å². The zero-order valence-corrected chi connectivity index (χ0v) is 14.9. The Labute approximate surface area is 146 Å². The number of fused-ring (bicyclic) bond motifs is 3. The third-order valence-electron chi connectivity index (χ3n) is 5.21. The molecule has 0 aromatic heterocycles. The Morgan fingerprint density at radius 2 is 1.56 bits per heavy atom. The Hall–Kier alpha value is -1.38. The lowest BCUT2D eigenvalue weighted by Crippen LogP contribution is -2.61. The van der Waals surface area contributed by atoms with E-state index in [-0.39, 0.29) is 18.3 Å². The number of ether oxygens (including phenoxy) is 5. The van der Waals surface area contributed by atoms with Gasteiger partial charge >= 0.3 is 0 Å². The van der Waals surface area contributed by atoms with E-state index in [0.717, 1.165) is 11.4 Å². The second-order valence-corrected chi connectivity index (χ2v) is 8.01. The fourth-order valence-electron chi connectivity index (χ4n) is 4.26. The van der Waals surface area contributed by atoms with E-state index in [4.69, 9.17) is 23.7 Å². The maximum absolute atomic E-state index is 6.29. The monoisotopic (exact) mass is 348 g/mol. The number of para-hydroxylation sites is 2. The van der Waals surface area contributed by atoms with Gasteiger partial charge in [-0.3, -0.25) is 0 Å². The summed E-state index contributed by atoms with van der Waals surface area (Å²) in [7, 11) is 0. The summed E-state index contributed by atoms with van der Waals surface area (Å²) in [5.41, 5.74) is 1.36. The topological polar surface area (TPSA) is 70.2 Å². The molecule has 4 heterocycles. The molecule has 7 nitrogen and oxygen atoms in total. The van der Waals surface area contributed by atoms with Gasteiger partial charge in [-0.2, -0.15) is 0 Å². The summed E-state index contributed by atoms with van der Waals surface area (Å²) in [4.78, 5) is 0. The summed E-state index contributed by atoms with van der Waals surface area (Å²) in [6, 6.07) is 8.09. The average Bonchev–Trinajstić information content (AvgIpc) is 3.22. The molecule has 3 fully saturated rings. The zero-order chi connectivity index (χ0) is 17.4. The molecule has 0 bridgehead atoms. The third kappa shape index (κ3) is 2.30. The normalized spacial score (nSPS) is 39.0. The van der Waals surface area contributed by atoms with Crippen molar-refractivity contribution in [3.63, 3.8) is 0 Å². The van der Waals surface area contributed by atoms with Crippen molar-refractivity contribution in [2.75, 3.05) is 17.2 Å². The molecule has 0 radical (unpaired) electrons. The summed E-state index contributed by atoms with van der Waals surface area (Å²) in [5, 5.41) is 7.19. The molecule has 0 aliphatic carbocycles. The van der Waals surface area contributed by atoms with Crippen LogP contribution in [-0.2, 0) is 23.7 Å². The van der Waals surface area contributed by atoms with Crippen molar-refractivity contribution in [2.24, 2.45) is 0 Å². The Morgan fingerprint density at radius 1 is 0.880 bits per heavy atom. The minimum absolute atomic E-state index is 0.231. The second-order valence-electron chi connectivity index (χ2n) is 8.01. The Balaban J connectivity index is 1.52. The lowest BCUT2D eigenvalue weighted by atomic mass is 9.95. The van der Waals surface area contributed by atoms with Gasteiger partial charge in [0.2, 0.25) is 0 Å². The van der Waals surface area contributed by atoms with Gasteiger partial charge in [0.1, 0.15) is 12.2 Å². The van der Waals surface area contributed by atoms with E-state index < -0.39 is 23.5 Å². The summed E-state index contributed by atoms with van der Waals surface area (Å²) in [6.07, 6.45) is -1.34. The van der Waals surface area contributed by atoms with Crippen molar-refractivity contribution in [1.82, 2.24) is 0 Å². The van der Waals surface area contributed by atoms with Crippen LogP contribution in [0.4, 0.5) is 11.4 Å². The molecule has 4 atom stereocenters. The van der Waals surface area contributed by atoms with Gasteiger partial charge in [-0.25, -0.2) is 0 Å². The molecule has 0 amide bonds. The fourth-order valence-corrected chi connectivity index (χ4v) is 4.26. The number of hydrogen-bond donors (Lipinski definition) is 2. The minimum Gasteiger partial charge on any atom is -0.357 e. The number of anilines is 2. The highest BCUT2D eigenvalue weighted by Crippen LogP contribution is 2.51. The standard InChI is InChI=1S/C18H24N2O5/c1-16(2)21-9-12(23-16)13-18(14-15(22-13)25-17(3,4)24-14)19-10-7-5-6-8-11(10)20-18/h5-8,12-15,19-20H,9H2,1-4H3/t12-,13-,14+,15-/m1/s1. The first-order valence-electron chi connectivity index (χ1n) is 8.76. The first-order chi connectivity index (χ1) is 11.8. The van der Waals surface area contributed by atoms with Gasteiger partial charge in [-0.15, -0.1) is 0 Å². The van der Waals surface area contributed by atoms with Crippen LogP contribution in [0.25, 0.3) is 0 Å². The summed E-state index contributed by atoms with van der Waals surface area (Å²) in [5.74, 6) is -1.32. The van der Waals surface area contributed by atoms with E-state index in [9.17, 15) is 0 Å². The van der Waals surface area contributed by atoms with Crippen LogP contribution in [0.5, 0.6) is 0 Å². The van der Waals surface area contributed by atoms with Gasteiger partial charge in [0.25, 0.3) is 0 Å². The van der Waals surface area contributed by atoms with Crippen LogP contribution in [0.15, 0.2) is 24.3 Å². The maximum atomic E-state index is 6.29. The highest BCUT2D eigenvalue weighted by Gasteiger charge is 2.68. The van der Waals surface area contributed by atoms with Crippen LogP contribution >= 0.6 is 0 Å². The van der Waals surface area contributed by atoms with Crippen LogP contribution in [0.2, 0.25) is 0 Å². The number of rotatable bonds is 1. The number of hydrogen-bond acceptors (Lipinski definition) is 7. The molecule has 1 aromatic rings. The Bertz CT molecular complexity index is 681. The fraction of sp³-hybridized carbons (Fsp3) is 0.667. The van der Waals surface area contributed by atoms with E-state index >= 15 is 0 Å². The van der Waals surface area contributed by atoms with Crippen molar-refractivity contribution < 1.29 is 23.7 Å². The molecule has 0 saturated carbocycles. The largest absolute Gasteiger partial charge is 0.357 e. The van der Waals surface area contributed by atoms with Crippen molar-refractivity contribution >= 4 is 11.4 Å². The van der Waals surface area contributed by atoms with Crippen molar-refractivity contribution in [1.29, 1.82) is 0 Å². The van der Waals surface area contributed by atoms with Gasteiger partial charge in [-0.1, -0.05) is 12.1 Å². The zero-order valence-electron chi connectivity index (χ0n) is 14.9. The first-order valence-corrected chi connectivity index (χ1v) is 8.76. The molecule has 2 N–H and O–H groups in total. The van der Waals surface area contributed by atoms with E-state index in [0.29, 0.717) is 6.61 Å². The van der Waals surface area contributed by atoms with Crippen molar-refractivity contribution in [3.8, 4) is 0 Å². The Morgan fingerprint density at radius 3 is 2.16 bits per heavy atom. The lowest BCUT2D eigenvalue weighted by Gasteiger charge is -2.37. The van der Waals surface area contributed by atoms with E-state index in [2.05, 4.69) is 10.6 Å². The molecular weight excluding hydrogens is 324 g/mol. The first kappa shape index (κ1) is 15.8. The van der Waals surface area contributed by atoms with Crippen molar-refractivity contribution in [2.45, 2.75) is 69.5 Å². The minimum atomic E-state index is -0.697. The van der Waals surface area contributed by atoms with Gasteiger partial charge in [0.15, 0.2) is 29.6 Å². The molecule has 4 aliphatic rings. The highest BCUT2D eigenvalue weighted by atomic mass is 16.8. The van der Waals surface area contributed by atoms with E-state index in [1.807, 2.05) is 52.0 Å². The maximum Gasteiger partial charge on any atom is 0.192 e. The smallest absolute Gasteiger partial charge is 0.192 e. The Kier molecular flexibility index (Phi) is 3.08. The second kappa shape index (κ2) is 4.86. The quantitative estimate of drug-likeness (QED) is 0.806. The summed E-state index contributed by atoms with van der Waals surface area (Å²) < 4.78 is 30.4. The van der Waals surface area contributed by atoms with Gasteiger partial charge in [0, 0.05) is 0 Å². The highest BCUT2D eigenvalue weighted by molar-refractivity contribution is 5.77. The van der Waals surface area contributed by atoms with Crippen LogP contribution in [0.1, 0.15) is 27.7 Å². The third-order valence-corrected chi connectivity index (χ3v) is 5.21. The molecule has 4 aliphatic heterocycles. The molecule has 1 aromatic carbocycles. The van der Waals surface area contributed by atoms with Gasteiger partial charge in [-0.05, 0) is 39.8 Å². The van der Waals surface area contributed by atoms with Crippen LogP contribution in [0, 0.1) is 0 Å². The predicted octanol–water partition coefficient (Wildman–Crippen LogP) is 2.25. The molecule has 7 heteroatoms. The molecule has 0 unspecified atom stereocenters. The predicted molar refractivity (Wildman–Crippen MR) is 90.0 cm³/mol. The summed E-state index contributed by atoms with van der Waals surface area (Å²) >= 11 is 0. The van der Waals surface area contributed by atoms with Crippen LogP contribution in [0.3, 0.4) is 0 Å². The SMILES string of the molecule is CC1(C)OC[C@H]([C@H]2O[C@@H]3OC(C)(C)O[C@@H]3C23Nc2ccccc2N3)O1. The molecule has 25 heavy (non-hydrogen) atoms. The molecular formula is C18H24N2O5. The molecule has 5 rings (SSSR count). The lowest BCUT2D eigenvalue weighted by molar-refractivity contribution is -0.226. The van der Waals surface area contributed by atoms with E-state index in [1.54, 1.807) is 0 Å². The van der Waals surface area contributed by atoms with Crippen LogP contribution < -0.4 is 10.6 Å². The summed E-state index contributed by atoms with van der Waals surface area (Å²) in [6.45, 7) is 8.09.